The molecular weight excluding hydrogens is 404 g/mol. The van der Waals surface area contributed by atoms with Crippen molar-refractivity contribution in [2.75, 3.05) is 13.2 Å². The van der Waals surface area contributed by atoms with Crippen LogP contribution in [-0.4, -0.2) is 44.5 Å². The molecule has 2 aromatic heterocycles. The number of aliphatic hydroxyl groups is 1. The Kier molecular flexibility index (Phi) is 5.31. The Hall–Kier alpha value is -2.12. The van der Waals surface area contributed by atoms with Crippen molar-refractivity contribution in [3.63, 3.8) is 0 Å². The third kappa shape index (κ3) is 3.69. The number of fused-ring (bicyclic) bond motifs is 3. The second-order valence-electron chi connectivity index (χ2n) is 9.48. The number of aliphatic hydroxyl groups excluding tert-OH is 1. The average molecular weight is 433 g/mol. The van der Waals surface area contributed by atoms with Crippen LogP contribution in [0.1, 0.15) is 61.0 Å². The van der Waals surface area contributed by atoms with E-state index in [1.54, 1.807) is 22.6 Å². The third-order valence-electron chi connectivity index (χ3n) is 7.15. The maximum Gasteiger partial charge on any atom is 0.272 e. The summed E-state index contributed by atoms with van der Waals surface area (Å²) in [6.07, 6.45) is 5.20. The molecule has 2 amide bonds. The minimum Gasteiger partial charge on any atom is -0.393 e. The van der Waals surface area contributed by atoms with Crippen molar-refractivity contribution in [2.45, 2.75) is 45.0 Å². The van der Waals surface area contributed by atoms with Crippen LogP contribution >= 0.6 is 11.6 Å². The lowest BCUT2D eigenvalue weighted by Crippen LogP contribution is -2.54. The van der Waals surface area contributed by atoms with Crippen molar-refractivity contribution in [2.24, 2.45) is 23.2 Å². The Morgan fingerprint density at radius 3 is 2.77 bits per heavy atom. The van der Waals surface area contributed by atoms with Crippen LogP contribution in [0.2, 0.25) is 0 Å². The molecule has 0 aliphatic heterocycles. The molecule has 162 valence electrons. The molecule has 3 aliphatic rings. The maximum atomic E-state index is 12.9. The number of nitrogens with zero attached hydrogens (tertiary/aromatic N) is 2. The molecule has 5 rings (SSSR count). The summed E-state index contributed by atoms with van der Waals surface area (Å²) in [5, 5.41) is 14.9. The normalized spacial score (nSPS) is 26.5. The molecule has 3 saturated carbocycles. The Bertz CT molecular complexity index is 982. The number of imidazole rings is 1. The smallest absolute Gasteiger partial charge is 0.272 e. The zero-order valence-electron chi connectivity index (χ0n) is 17.6. The van der Waals surface area contributed by atoms with E-state index >= 15 is 0 Å². The summed E-state index contributed by atoms with van der Waals surface area (Å²) in [5.41, 5.74) is 1.43. The van der Waals surface area contributed by atoms with Crippen LogP contribution in [-0.2, 0) is 0 Å². The van der Waals surface area contributed by atoms with Gasteiger partial charge in [0.2, 0.25) is 0 Å². The van der Waals surface area contributed by atoms with Gasteiger partial charge in [-0.05, 0) is 61.5 Å². The highest BCUT2D eigenvalue weighted by molar-refractivity contribution is 6.24. The number of hydrogen-bond acceptors (Lipinski definition) is 4. The molecule has 2 aromatic rings. The summed E-state index contributed by atoms with van der Waals surface area (Å²) in [6.45, 7) is 6.45. The number of aromatic nitrogens is 2. The van der Waals surface area contributed by atoms with Gasteiger partial charge in [0.25, 0.3) is 11.8 Å². The zero-order chi connectivity index (χ0) is 21.7. The third-order valence-corrected chi connectivity index (χ3v) is 7.37. The number of nitrogens with one attached hydrogen (secondary N) is 2. The number of halogens is 1. The Morgan fingerprint density at radius 1 is 1.33 bits per heavy atom. The first-order valence-electron chi connectivity index (χ1n) is 10.5. The highest BCUT2D eigenvalue weighted by atomic mass is 35.5. The summed E-state index contributed by atoms with van der Waals surface area (Å²) in [6, 6.07) is 5.20. The summed E-state index contributed by atoms with van der Waals surface area (Å²) in [4.78, 5) is 28.4. The maximum absolute atomic E-state index is 12.9. The van der Waals surface area contributed by atoms with E-state index in [2.05, 4.69) is 29.5 Å². The topological polar surface area (TPSA) is 95.7 Å². The largest absolute Gasteiger partial charge is 0.393 e. The van der Waals surface area contributed by atoms with E-state index in [1.165, 1.54) is 32.4 Å². The van der Waals surface area contributed by atoms with E-state index in [0.717, 1.165) is 5.92 Å². The van der Waals surface area contributed by atoms with E-state index in [1.807, 2.05) is 0 Å². The Balaban J connectivity index is 1.48. The standard InChI is InChI=1S/C22H29ClN4O3/c1-21(2)14-8-7-13(15(21)9-14)10-24-20(30)17-5-4-6-18-25-16(11-27(17)18)19(29)26-22(3,23)12-28/h4-6,11,13-15,28H,7-10,12H2,1-3H3,(H,24,30)(H,26,29)/t13-,14-,15-,22?/m0/s1. The van der Waals surface area contributed by atoms with Crippen LogP contribution < -0.4 is 10.6 Å². The van der Waals surface area contributed by atoms with Gasteiger partial charge in [0.05, 0.1) is 6.61 Å². The molecule has 0 radical (unpaired) electrons. The lowest BCUT2D eigenvalue weighted by Gasteiger charge is -2.60. The molecule has 0 spiro atoms. The van der Waals surface area contributed by atoms with Gasteiger partial charge in [-0.15, -0.1) is 0 Å². The van der Waals surface area contributed by atoms with E-state index in [4.69, 9.17) is 11.6 Å². The molecule has 1 unspecified atom stereocenters. The van der Waals surface area contributed by atoms with Gasteiger partial charge in [-0.3, -0.25) is 14.0 Å². The summed E-state index contributed by atoms with van der Waals surface area (Å²) in [5.74, 6) is 1.33. The van der Waals surface area contributed by atoms with Crippen molar-refractivity contribution >= 4 is 29.1 Å². The fourth-order valence-electron chi connectivity index (χ4n) is 5.17. The number of amides is 2. The first-order valence-corrected chi connectivity index (χ1v) is 10.9. The molecule has 0 aromatic carbocycles. The van der Waals surface area contributed by atoms with Crippen LogP contribution in [0.15, 0.2) is 24.4 Å². The van der Waals surface area contributed by atoms with Crippen molar-refractivity contribution in [1.82, 2.24) is 20.0 Å². The molecule has 3 aliphatic carbocycles. The van der Waals surface area contributed by atoms with Crippen molar-refractivity contribution < 1.29 is 14.7 Å². The summed E-state index contributed by atoms with van der Waals surface area (Å²) < 4.78 is 1.61. The van der Waals surface area contributed by atoms with Crippen LogP contribution in [0.3, 0.4) is 0 Å². The lowest BCUT2D eigenvalue weighted by molar-refractivity contribution is -0.103. The van der Waals surface area contributed by atoms with Crippen molar-refractivity contribution in [3.05, 3.63) is 35.8 Å². The molecule has 3 N–H and O–H groups in total. The van der Waals surface area contributed by atoms with E-state index in [0.29, 0.717) is 35.1 Å². The van der Waals surface area contributed by atoms with Gasteiger partial charge in [0.1, 0.15) is 22.0 Å². The first-order chi connectivity index (χ1) is 14.1. The van der Waals surface area contributed by atoms with E-state index in [9.17, 15) is 14.7 Å². The van der Waals surface area contributed by atoms with Crippen molar-refractivity contribution in [3.8, 4) is 0 Å². The van der Waals surface area contributed by atoms with Gasteiger partial charge < -0.3 is 15.7 Å². The fraction of sp³-hybridized carbons (Fsp3) is 0.591. The zero-order valence-corrected chi connectivity index (χ0v) is 18.4. The van der Waals surface area contributed by atoms with Gasteiger partial charge in [-0.25, -0.2) is 4.98 Å². The number of carbonyl (C=O) groups is 2. The van der Waals surface area contributed by atoms with Crippen molar-refractivity contribution in [1.29, 1.82) is 0 Å². The average Bonchev–Trinajstić information content (AvgIpc) is 3.16. The highest BCUT2D eigenvalue weighted by Gasteiger charge is 2.53. The molecular formula is C22H29ClN4O3. The fourth-order valence-corrected chi connectivity index (χ4v) is 5.25. The Labute approximate surface area is 181 Å². The minimum atomic E-state index is -1.28. The second-order valence-corrected chi connectivity index (χ2v) is 10.3. The second kappa shape index (κ2) is 7.54. The van der Waals surface area contributed by atoms with Gasteiger partial charge in [-0.2, -0.15) is 0 Å². The molecule has 7 nitrogen and oxygen atoms in total. The first kappa shape index (κ1) is 21.1. The van der Waals surface area contributed by atoms with Crippen LogP contribution in [0.4, 0.5) is 0 Å². The SMILES string of the molecule is CC(Cl)(CO)NC(=O)c1cn2c(C(=O)NC[C@@H]3CC[C@H]4C[C@@H]3C4(C)C)cccc2n1. The molecule has 4 atom stereocenters. The molecule has 8 heteroatoms. The van der Waals surface area contributed by atoms with E-state index in [-0.39, 0.29) is 11.6 Å². The molecule has 2 heterocycles. The molecule has 0 saturated heterocycles. The minimum absolute atomic E-state index is 0.130. The van der Waals surface area contributed by atoms with Crippen LogP contribution in [0, 0.1) is 23.2 Å². The summed E-state index contributed by atoms with van der Waals surface area (Å²) >= 11 is 6.02. The molecule has 3 fully saturated rings. The number of rotatable bonds is 6. The molecule has 2 bridgehead atoms. The lowest BCUT2D eigenvalue weighted by atomic mass is 9.45. The number of alkyl halides is 1. The highest BCUT2D eigenvalue weighted by Crippen LogP contribution is 2.61. The van der Waals surface area contributed by atoms with Gasteiger partial charge in [0, 0.05) is 12.7 Å². The predicted octanol–water partition coefficient (Wildman–Crippen LogP) is 2.81. The van der Waals surface area contributed by atoms with Gasteiger partial charge in [-0.1, -0.05) is 31.5 Å². The number of hydrogen-bond donors (Lipinski definition) is 3. The summed E-state index contributed by atoms with van der Waals surface area (Å²) in [7, 11) is 0. The number of pyridine rings is 1. The van der Waals surface area contributed by atoms with Gasteiger partial charge in [0.15, 0.2) is 0 Å². The van der Waals surface area contributed by atoms with Gasteiger partial charge >= 0.3 is 0 Å². The van der Waals surface area contributed by atoms with Crippen LogP contribution in [0.5, 0.6) is 0 Å². The predicted molar refractivity (Wildman–Crippen MR) is 114 cm³/mol. The molecule has 30 heavy (non-hydrogen) atoms. The monoisotopic (exact) mass is 432 g/mol. The van der Waals surface area contributed by atoms with E-state index < -0.39 is 17.5 Å². The number of carbonyl (C=O) groups excluding carboxylic acids is 2. The Morgan fingerprint density at radius 2 is 2.10 bits per heavy atom. The quantitative estimate of drug-likeness (QED) is 0.483. The van der Waals surface area contributed by atoms with Crippen LogP contribution in [0.25, 0.3) is 5.65 Å².